The van der Waals surface area contributed by atoms with Gasteiger partial charge in [0.1, 0.15) is 5.56 Å². The normalized spacial score (nSPS) is 11.0. The predicted octanol–water partition coefficient (Wildman–Crippen LogP) is 2.58. The summed E-state index contributed by atoms with van der Waals surface area (Å²) in [7, 11) is 1.54. The first kappa shape index (κ1) is 16.3. The van der Waals surface area contributed by atoms with Crippen LogP contribution in [-0.2, 0) is 4.74 Å². The molecule has 0 radical (unpaired) electrons. The van der Waals surface area contributed by atoms with Crippen LogP contribution in [0.2, 0.25) is 5.02 Å². The fraction of sp³-hybridized carbons (Fsp3) is 0.385. The molecule has 0 spiro atoms. The van der Waals surface area contributed by atoms with E-state index in [0.717, 1.165) is 0 Å². The number of aromatic carboxylic acids is 1. The molecule has 0 heterocycles. The van der Waals surface area contributed by atoms with E-state index >= 15 is 0 Å². The number of urea groups is 1. The molecule has 110 valence electrons. The van der Waals surface area contributed by atoms with E-state index in [2.05, 4.69) is 10.6 Å². The van der Waals surface area contributed by atoms with Crippen LogP contribution in [0.5, 0.6) is 0 Å². The number of ether oxygens (including phenoxy) is 1. The number of carboxylic acid groups (broad SMARTS) is 1. The van der Waals surface area contributed by atoms with Crippen LogP contribution in [0.1, 0.15) is 24.2 Å². The first-order chi connectivity index (χ1) is 9.26. The summed E-state index contributed by atoms with van der Waals surface area (Å²) < 4.78 is 5.16. The Labute approximate surface area is 122 Å². The van der Waals surface area contributed by atoms with Gasteiger partial charge in [-0.25, -0.2) is 9.59 Å². The number of carboxylic acids is 1. The molecular weight excluding hydrogens is 284 g/mol. The number of nitrogens with one attached hydrogen (secondary N) is 2. The number of amides is 2. The van der Waals surface area contributed by atoms with Crippen molar-refractivity contribution in [2.24, 2.45) is 0 Å². The summed E-state index contributed by atoms with van der Waals surface area (Å²) in [5.74, 6) is -1.21. The predicted molar refractivity (Wildman–Crippen MR) is 76.5 cm³/mol. The number of anilines is 1. The van der Waals surface area contributed by atoms with Crippen molar-refractivity contribution in [1.82, 2.24) is 5.32 Å². The summed E-state index contributed by atoms with van der Waals surface area (Å²) in [6.07, 6.45) is 0. The van der Waals surface area contributed by atoms with E-state index in [-0.39, 0.29) is 22.8 Å². The van der Waals surface area contributed by atoms with E-state index in [9.17, 15) is 9.59 Å². The molecule has 0 aliphatic rings. The Morgan fingerprint density at radius 3 is 2.60 bits per heavy atom. The van der Waals surface area contributed by atoms with Gasteiger partial charge in [-0.3, -0.25) is 0 Å². The highest BCUT2D eigenvalue weighted by atomic mass is 35.5. The second kappa shape index (κ2) is 6.58. The van der Waals surface area contributed by atoms with Gasteiger partial charge in [-0.15, -0.1) is 0 Å². The number of halogens is 1. The number of carbonyl (C=O) groups excluding carboxylic acids is 1. The average molecular weight is 301 g/mol. The van der Waals surface area contributed by atoms with E-state index in [4.69, 9.17) is 21.4 Å². The minimum atomic E-state index is -1.21. The van der Waals surface area contributed by atoms with Gasteiger partial charge < -0.3 is 20.5 Å². The number of methoxy groups -OCH3 is 1. The Morgan fingerprint density at radius 1 is 1.40 bits per heavy atom. The van der Waals surface area contributed by atoms with Gasteiger partial charge in [-0.1, -0.05) is 17.7 Å². The van der Waals surface area contributed by atoms with Gasteiger partial charge in [0.15, 0.2) is 0 Å². The van der Waals surface area contributed by atoms with Crippen molar-refractivity contribution < 1.29 is 19.4 Å². The molecule has 20 heavy (non-hydrogen) atoms. The maximum Gasteiger partial charge on any atom is 0.339 e. The van der Waals surface area contributed by atoms with Gasteiger partial charge in [0.25, 0.3) is 0 Å². The van der Waals surface area contributed by atoms with Gasteiger partial charge in [0, 0.05) is 13.7 Å². The van der Waals surface area contributed by atoms with Crippen molar-refractivity contribution in [3.05, 3.63) is 28.8 Å². The Morgan fingerprint density at radius 2 is 2.05 bits per heavy atom. The number of benzene rings is 1. The van der Waals surface area contributed by atoms with Crippen LogP contribution in [0.25, 0.3) is 0 Å². The summed E-state index contributed by atoms with van der Waals surface area (Å²) >= 11 is 5.81. The molecule has 0 saturated heterocycles. The fourth-order valence-corrected chi connectivity index (χ4v) is 1.63. The maximum absolute atomic E-state index is 11.7. The molecule has 2 amide bonds. The van der Waals surface area contributed by atoms with Gasteiger partial charge in [0.05, 0.1) is 16.3 Å². The molecule has 1 aromatic carbocycles. The van der Waals surface area contributed by atoms with E-state index in [1.165, 1.54) is 12.1 Å². The third-order valence-corrected chi connectivity index (χ3v) is 3.02. The zero-order valence-electron chi connectivity index (χ0n) is 11.5. The summed E-state index contributed by atoms with van der Waals surface area (Å²) in [6.45, 7) is 3.91. The molecule has 0 unspecified atom stereocenters. The largest absolute Gasteiger partial charge is 0.478 e. The van der Waals surface area contributed by atoms with Crippen LogP contribution in [0.15, 0.2) is 18.2 Å². The van der Waals surface area contributed by atoms with Crippen molar-refractivity contribution in [3.63, 3.8) is 0 Å². The highest BCUT2D eigenvalue weighted by molar-refractivity contribution is 6.34. The molecule has 6 nitrogen and oxygen atoms in total. The quantitative estimate of drug-likeness (QED) is 0.780. The van der Waals surface area contributed by atoms with Crippen LogP contribution >= 0.6 is 11.6 Å². The van der Waals surface area contributed by atoms with Gasteiger partial charge in [0.2, 0.25) is 0 Å². The summed E-state index contributed by atoms with van der Waals surface area (Å²) in [5.41, 5.74) is -0.519. The van der Waals surface area contributed by atoms with Crippen molar-refractivity contribution in [2.45, 2.75) is 19.4 Å². The minimum absolute atomic E-state index is 0.0625. The number of hydrogen-bond acceptors (Lipinski definition) is 3. The Hall–Kier alpha value is -1.79. The molecule has 0 atom stereocenters. The molecule has 0 bridgehead atoms. The third-order valence-electron chi connectivity index (χ3n) is 2.70. The fourth-order valence-electron chi connectivity index (χ4n) is 1.38. The second-order valence-electron chi connectivity index (χ2n) is 4.74. The van der Waals surface area contributed by atoms with Crippen molar-refractivity contribution in [3.8, 4) is 0 Å². The van der Waals surface area contributed by atoms with Crippen molar-refractivity contribution >= 4 is 29.3 Å². The first-order valence-corrected chi connectivity index (χ1v) is 6.26. The average Bonchev–Trinajstić information content (AvgIpc) is 2.36. The van der Waals surface area contributed by atoms with E-state index in [1.807, 2.05) is 13.8 Å². The maximum atomic E-state index is 11.7. The molecule has 0 fully saturated rings. The molecular formula is C13H17ClN2O4. The smallest absolute Gasteiger partial charge is 0.339 e. The van der Waals surface area contributed by atoms with Crippen LogP contribution in [0.3, 0.4) is 0 Å². The highest BCUT2D eigenvalue weighted by Crippen LogP contribution is 2.24. The molecule has 0 saturated carbocycles. The Balaban J connectivity index is 2.77. The van der Waals surface area contributed by atoms with Crippen molar-refractivity contribution in [1.29, 1.82) is 0 Å². The Kier molecular flexibility index (Phi) is 5.35. The Bertz CT molecular complexity index is 517. The van der Waals surface area contributed by atoms with Crippen molar-refractivity contribution in [2.75, 3.05) is 19.0 Å². The first-order valence-electron chi connectivity index (χ1n) is 5.88. The van der Waals surface area contributed by atoms with Gasteiger partial charge in [-0.2, -0.15) is 0 Å². The lowest BCUT2D eigenvalue weighted by molar-refractivity contribution is 0.0257. The number of rotatable bonds is 5. The molecule has 7 heteroatoms. The zero-order chi connectivity index (χ0) is 15.3. The minimum Gasteiger partial charge on any atom is -0.478 e. The lowest BCUT2D eigenvalue weighted by atomic mass is 10.1. The van der Waals surface area contributed by atoms with Crippen LogP contribution in [0.4, 0.5) is 10.5 Å². The van der Waals surface area contributed by atoms with E-state index in [1.54, 1.807) is 13.2 Å². The van der Waals surface area contributed by atoms with Crippen LogP contribution < -0.4 is 10.6 Å². The number of hydrogen-bond donors (Lipinski definition) is 3. The SMILES string of the molecule is COC(C)(C)CNC(=O)Nc1cccc(Cl)c1C(=O)O. The van der Waals surface area contributed by atoms with Gasteiger partial charge >= 0.3 is 12.0 Å². The molecule has 0 aromatic heterocycles. The molecule has 1 aromatic rings. The summed E-state index contributed by atoms with van der Waals surface area (Å²) in [6, 6.07) is 3.95. The second-order valence-corrected chi connectivity index (χ2v) is 5.15. The monoisotopic (exact) mass is 300 g/mol. The summed E-state index contributed by atoms with van der Waals surface area (Å²) in [4.78, 5) is 22.9. The standard InChI is InChI=1S/C13H17ClN2O4/c1-13(2,20-3)7-15-12(19)16-9-6-4-5-8(14)10(9)11(17)18/h4-6H,7H2,1-3H3,(H,17,18)(H2,15,16,19). The van der Waals surface area contributed by atoms with Gasteiger partial charge in [-0.05, 0) is 26.0 Å². The number of carbonyl (C=O) groups is 2. The zero-order valence-corrected chi connectivity index (χ0v) is 12.2. The molecule has 1 rings (SSSR count). The molecule has 0 aliphatic carbocycles. The molecule has 0 aliphatic heterocycles. The topological polar surface area (TPSA) is 87.7 Å². The van der Waals surface area contributed by atoms with Crippen LogP contribution in [0, 0.1) is 0 Å². The lowest BCUT2D eigenvalue weighted by Crippen LogP contribution is -2.41. The molecule has 3 N–H and O–H groups in total. The summed E-state index contributed by atoms with van der Waals surface area (Å²) in [5, 5.41) is 14.2. The highest BCUT2D eigenvalue weighted by Gasteiger charge is 2.19. The van der Waals surface area contributed by atoms with Crippen LogP contribution in [-0.4, -0.2) is 36.4 Å². The lowest BCUT2D eigenvalue weighted by Gasteiger charge is -2.23. The third kappa shape index (κ3) is 4.40. The van der Waals surface area contributed by atoms with E-state index < -0.39 is 17.6 Å². The van der Waals surface area contributed by atoms with E-state index in [0.29, 0.717) is 0 Å².